The molecule has 3 aromatic rings. The summed E-state index contributed by atoms with van der Waals surface area (Å²) in [7, 11) is 0. The SMILES string of the molecule is Cc1ccccc1-c1cc(CC(=O)O)c2ccccn12. The van der Waals surface area contributed by atoms with Gasteiger partial charge in [-0.15, -0.1) is 0 Å². The van der Waals surface area contributed by atoms with Crippen LogP contribution in [0, 0.1) is 6.92 Å². The third-order valence-corrected chi connectivity index (χ3v) is 3.52. The fourth-order valence-corrected chi connectivity index (χ4v) is 2.60. The van der Waals surface area contributed by atoms with E-state index in [-0.39, 0.29) is 6.42 Å². The van der Waals surface area contributed by atoms with Gasteiger partial charge in [-0.2, -0.15) is 0 Å². The molecule has 0 aliphatic rings. The number of nitrogens with zero attached hydrogens (tertiary/aromatic N) is 1. The molecule has 2 aromatic heterocycles. The number of hydrogen-bond acceptors (Lipinski definition) is 1. The smallest absolute Gasteiger partial charge is 0.307 e. The van der Waals surface area contributed by atoms with Crippen LogP contribution in [0.2, 0.25) is 0 Å². The number of carboxylic acids is 1. The first kappa shape index (κ1) is 12.5. The quantitative estimate of drug-likeness (QED) is 0.787. The molecule has 3 nitrogen and oxygen atoms in total. The molecular formula is C17H15NO2. The molecule has 1 aromatic carbocycles. The molecule has 0 saturated carbocycles. The number of carbonyl (C=O) groups is 1. The van der Waals surface area contributed by atoms with Crippen molar-refractivity contribution in [3.63, 3.8) is 0 Å². The van der Waals surface area contributed by atoms with Crippen LogP contribution in [-0.2, 0) is 11.2 Å². The van der Waals surface area contributed by atoms with E-state index < -0.39 is 5.97 Å². The third kappa shape index (κ3) is 2.07. The Morgan fingerprint density at radius 3 is 2.65 bits per heavy atom. The lowest BCUT2D eigenvalue weighted by molar-refractivity contribution is -0.136. The van der Waals surface area contributed by atoms with E-state index in [0.29, 0.717) is 0 Å². The van der Waals surface area contributed by atoms with Crippen LogP contribution in [0.25, 0.3) is 16.8 Å². The molecule has 3 rings (SSSR count). The summed E-state index contributed by atoms with van der Waals surface area (Å²) < 4.78 is 2.06. The van der Waals surface area contributed by atoms with Crippen LogP contribution < -0.4 is 0 Å². The number of benzene rings is 1. The molecule has 0 radical (unpaired) electrons. The Labute approximate surface area is 117 Å². The zero-order valence-corrected chi connectivity index (χ0v) is 11.2. The Morgan fingerprint density at radius 2 is 1.90 bits per heavy atom. The van der Waals surface area contributed by atoms with E-state index in [0.717, 1.165) is 22.3 Å². The van der Waals surface area contributed by atoms with Crippen molar-refractivity contribution in [2.24, 2.45) is 0 Å². The minimum atomic E-state index is -0.808. The van der Waals surface area contributed by atoms with Gasteiger partial charge in [-0.05, 0) is 36.2 Å². The van der Waals surface area contributed by atoms with Gasteiger partial charge < -0.3 is 9.51 Å². The minimum Gasteiger partial charge on any atom is -0.481 e. The number of aliphatic carboxylic acids is 1. The molecule has 0 amide bonds. The molecule has 0 aliphatic heterocycles. The van der Waals surface area contributed by atoms with Gasteiger partial charge in [0.25, 0.3) is 0 Å². The highest BCUT2D eigenvalue weighted by atomic mass is 16.4. The predicted molar refractivity (Wildman–Crippen MR) is 78.9 cm³/mol. The van der Waals surface area contributed by atoms with Crippen LogP contribution in [0.5, 0.6) is 0 Å². The number of rotatable bonds is 3. The maximum absolute atomic E-state index is 11.0. The van der Waals surface area contributed by atoms with Crippen LogP contribution in [0.1, 0.15) is 11.1 Å². The number of hydrogen-bond donors (Lipinski definition) is 1. The lowest BCUT2D eigenvalue weighted by atomic mass is 10.1. The summed E-state index contributed by atoms with van der Waals surface area (Å²) in [5, 5.41) is 9.05. The van der Waals surface area contributed by atoms with Gasteiger partial charge in [-0.3, -0.25) is 4.79 Å². The lowest BCUT2D eigenvalue weighted by Gasteiger charge is -2.06. The van der Waals surface area contributed by atoms with Gasteiger partial charge in [0.05, 0.1) is 12.1 Å². The maximum Gasteiger partial charge on any atom is 0.307 e. The summed E-state index contributed by atoms with van der Waals surface area (Å²) in [5.74, 6) is -0.808. The molecule has 0 bridgehead atoms. The topological polar surface area (TPSA) is 41.7 Å². The first-order valence-corrected chi connectivity index (χ1v) is 6.53. The Bertz CT molecular complexity index is 787. The highest BCUT2D eigenvalue weighted by Crippen LogP contribution is 2.28. The van der Waals surface area contributed by atoms with E-state index in [1.807, 2.05) is 42.6 Å². The monoisotopic (exact) mass is 265 g/mol. The normalized spacial score (nSPS) is 10.8. The fraction of sp³-hybridized carbons (Fsp3) is 0.118. The van der Waals surface area contributed by atoms with Gasteiger partial charge >= 0.3 is 5.97 Å². The van der Waals surface area contributed by atoms with E-state index >= 15 is 0 Å². The zero-order valence-electron chi connectivity index (χ0n) is 11.2. The van der Waals surface area contributed by atoms with E-state index in [2.05, 4.69) is 23.5 Å². The van der Waals surface area contributed by atoms with Gasteiger partial charge in [-0.25, -0.2) is 0 Å². The Morgan fingerprint density at radius 1 is 1.15 bits per heavy atom. The van der Waals surface area contributed by atoms with Crippen LogP contribution in [0.3, 0.4) is 0 Å². The Balaban J connectivity index is 2.26. The van der Waals surface area contributed by atoms with Gasteiger partial charge in [0.2, 0.25) is 0 Å². The van der Waals surface area contributed by atoms with Crippen molar-refractivity contribution in [2.45, 2.75) is 13.3 Å². The third-order valence-electron chi connectivity index (χ3n) is 3.52. The summed E-state index contributed by atoms with van der Waals surface area (Å²) >= 11 is 0. The van der Waals surface area contributed by atoms with E-state index in [1.165, 1.54) is 5.56 Å². The highest BCUT2D eigenvalue weighted by Gasteiger charge is 2.13. The van der Waals surface area contributed by atoms with Crippen molar-refractivity contribution in [2.75, 3.05) is 0 Å². The molecule has 0 atom stereocenters. The molecule has 3 heteroatoms. The zero-order chi connectivity index (χ0) is 14.1. The minimum absolute atomic E-state index is 0.0411. The fourth-order valence-electron chi connectivity index (χ4n) is 2.60. The van der Waals surface area contributed by atoms with Gasteiger partial charge in [0.1, 0.15) is 0 Å². The highest BCUT2D eigenvalue weighted by molar-refractivity contribution is 5.79. The van der Waals surface area contributed by atoms with Crippen molar-refractivity contribution in [3.8, 4) is 11.3 Å². The van der Waals surface area contributed by atoms with E-state index in [1.54, 1.807) is 0 Å². The van der Waals surface area contributed by atoms with Crippen LogP contribution in [-0.4, -0.2) is 15.5 Å². The largest absolute Gasteiger partial charge is 0.481 e. The van der Waals surface area contributed by atoms with E-state index in [4.69, 9.17) is 5.11 Å². The second-order valence-electron chi connectivity index (χ2n) is 4.90. The van der Waals surface area contributed by atoms with Crippen molar-refractivity contribution < 1.29 is 9.90 Å². The summed E-state index contributed by atoms with van der Waals surface area (Å²) in [6.45, 7) is 2.06. The van der Waals surface area contributed by atoms with Crippen LogP contribution >= 0.6 is 0 Å². The van der Waals surface area contributed by atoms with Gasteiger partial charge in [0.15, 0.2) is 0 Å². The average Bonchev–Trinajstić information content (AvgIpc) is 2.78. The van der Waals surface area contributed by atoms with Crippen molar-refractivity contribution in [1.82, 2.24) is 4.40 Å². The average molecular weight is 265 g/mol. The molecule has 0 unspecified atom stereocenters. The van der Waals surface area contributed by atoms with Crippen molar-refractivity contribution in [3.05, 3.63) is 65.9 Å². The lowest BCUT2D eigenvalue weighted by Crippen LogP contribution is -1.99. The van der Waals surface area contributed by atoms with Crippen molar-refractivity contribution >= 4 is 11.5 Å². The van der Waals surface area contributed by atoms with Crippen LogP contribution in [0.4, 0.5) is 0 Å². The summed E-state index contributed by atoms with van der Waals surface area (Å²) in [6.07, 6.45) is 2.02. The molecular weight excluding hydrogens is 250 g/mol. The second kappa shape index (κ2) is 4.85. The molecule has 0 fully saturated rings. The molecule has 100 valence electrons. The van der Waals surface area contributed by atoms with Gasteiger partial charge in [-0.1, -0.05) is 30.3 Å². The summed E-state index contributed by atoms with van der Waals surface area (Å²) in [4.78, 5) is 11.0. The van der Waals surface area contributed by atoms with Crippen molar-refractivity contribution in [1.29, 1.82) is 0 Å². The molecule has 0 aliphatic carbocycles. The number of aryl methyl sites for hydroxylation is 1. The van der Waals surface area contributed by atoms with Crippen LogP contribution in [0.15, 0.2) is 54.7 Å². The molecule has 0 saturated heterocycles. The number of pyridine rings is 1. The first-order valence-electron chi connectivity index (χ1n) is 6.53. The number of carboxylic acid groups (broad SMARTS) is 1. The van der Waals surface area contributed by atoms with E-state index in [9.17, 15) is 4.79 Å². The molecule has 2 heterocycles. The number of aromatic nitrogens is 1. The first-order chi connectivity index (χ1) is 9.66. The molecule has 0 spiro atoms. The Hall–Kier alpha value is -2.55. The summed E-state index contributed by atoms with van der Waals surface area (Å²) in [5.41, 5.74) is 5.14. The Kier molecular flexibility index (Phi) is 3.03. The standard InChI is InChI=1S/C17H15NO2/c1-12-6-2-3-7-14(12)16-10-13(11-17(19)20)15-8-4-5-9-18(15)16/h2-10H,11H2,1H3,(H,19,20). The maximum atomic E-state index is 11.0. The number of fused-ring (bicyclic) bond motifs is 1. The molecule has 1 N–H and O–H groups in total. The summed E-state index contributed by atoms with van der Waals surface area (Å²) in [6, 6.07) is 16.0. The predicted octanol–water partition coefficient (Wildman–Crippen LogP) is 3.54. The second-order valence-corrected chi connectivity index (χ2v) is 4.90. The molecule has 20 heavy (non-hydrogen) atoms. The van der Waals surface area contributed by atoms with Gasteiger partial charge in [0, 0.05) is 17.3 Å².